The Bertz CT molecular complexity index is 1580. The summed E-state index contributed by atoms with van der Waals surface area (Å²) < 4.78 is 23.6. The summed E-state index contributed by atoms with van der Waals surface area (Å²) in [6.45, 7) is 3.26. The number of phosphoric ester groups is 1. The number of anilines is 1. The third-order valence-corrected chi connectivity index (χ3v) is 6.61. The topological polar surface area (TPSA) is 182 Å². The zero-order valence-corrected chi connectivity index (χ0v) is 22.3. The third kappa shape index (κ3) is 6.81. The lowest BCUT2D eigenvalue weighted by Gasteiger charge is -2.15. The van der Waals surface area contributed by atoms with Crippen LogP contribution in [0.4, 0.5) is 5.82 Å². The van der Waals surface area contributed by atoms with E-state index in [-0.39, 0.29) is 30.4 Å². The number of rotatable bonds is 13. The number of benzene rings is 2. The fraction of sp³-hybridized carbons (Fsp3) is 0.346. The molecule has 0 saturated heterocycles. The number of isocyanates is 1. The number of fused-ring (bicyclic) bond motifs is 3. The quantitative estimate of drug-likeness (QED) is 0.0822. The molecule has 2 aromatic carbocycles. The number of phosphoric acid groups is 1. The van der Waals surface area contributed by atoms with Gasteiger partial charge in [0.2, 0.25) is 6.08 Å². The summed E-state index contributed by atoms with van der Waals surface area (Å²) in [4.78, 5) is 41.5. The highest BCUT2D eigenvalue weighted by atomic mass is 31.2. The van der Waals surface area contributed by atoms with Gasteiger partial charge in [-0.3, -0.25) is 9.79 Å². The Morgan fingerprint density at radius 3 is 2.72 bits per heavy atom. The minimum atomic E-state index is -4.87. The molecule has 0 amide bonds. The number of aryl methyl sites for hydroxylation is 1. The standard InChI is InChI=1S/C26H30N5O7P/c1-2-3-7-22-30-23-24(31(22)15-18-5-4-6-21(25(18)33)38-39(34,35)36)19-14-17(8-9-20(19)29-26(23)27)10-12-37-13-11-28-16-32/h4-6,8-9,14,33H,2-3,7,10-13,15H2,1H3,(H2,27,29)(H2,34,35,36). The number of nitrogens with two attached hydrogens (primary N) is 1. The number of phenolic OH excluding ortho intramolecular Hbond substituents is 1. The molecule has 0 radical (unpaired) electrons. The van der Waals surface area contributed by atoms with Crippen molar-refractivity contribution in [3.05, 3.63) is 53.3 Å². The van der Waals surface area contributed by atoms with E-state index in [2.05, 4.69) is 21.4 Å². The van der Waals surface area contributed by atoms with Gasteiger partial charge in [-0.15, -0.1) is 0 Å². The summed E-state index contributed by atoms with van der Waals surface area (Å²) in [7, 11) is -4.87. The molecule has 4 rings (SSSR count). The van der Waals surface area contributed by atoms with Gasteiger partial charge in [0.15, 0.2) is 17.3 Å². The van der Waals surface area contributed by atoms with Crippen molar-refractivity contribution in [1.29, 1.82) is 0 Å². The van der Waals surface area contributed by atoms with E-state index in [0.717, 1.165) is 35.1 Å². The lowest BCUT2D eigenvalue weighted by atomic mass is 10.1. The van der Waals surface area contributed by atoms with Crippen LogP contribution in [0.15, 0.2) is 41.4 Å². The lowest BCUT2D eigenvalue weighted by Crippen LogP contribution is -2.07. The van der Waals surface area contributed by atoms with Crippen molar-refractivity contribution in [3.8, 4) is 11.5 Å². The van der Waals surface area contributed by atoms with Gasteiger partial charge in [-0.25, -0.2) is 24.3 Å². The molecule has 2 aromatic heterocycles. The number of aromatic nitrogens is 3. The Labute approximate surface area is 224 Å². The van der Waals surface area contributed by atoms with Gasteiger partial charge < -0.3 is 24.7 Å². The highest BCUT2D eigenvalue weighted by Crippen LogP contribution is 2.43. The molecule has 0 fully saturated rings. The summed E-state index contributed by atoms with van der Waals surface area (Å²) in [5.41, 5.74) is 9.67. The van der Waals surface area contributed by atoms with E-state index in [4.69, 9.17) is 15.5 Å². The Hall–Kier alpha value is -3.79. The number of ether oxygens (including phenoxy) is 1. The number of nitrogens with zero attached hydrogens (tertiary/aromatic N) is 4. The third-order valence-electron chi connectivity index (χ3n) is 6.18. The van der Waals surface area contributed by atoms with E-state index >= 15 is 0 Å². The van der Waals surface area contributed by atoms with Crippen molar-refractivity contribution >= 4 is 41.7 Å². The van der Waals surface area contributed by atoms with Crippen molar-refractivity contribution in [2.24, 2.45) is 4.99 Å². The second-order valence-electron chi connectivity index (χ2n) is 8.94. The number of hydrogen-bond acceptors (Lipinski definition) is 9. The molecule has 13 heteroatoms. The molecule has 206 valence electrons. The largest absolute Gasteiger partial charge is 0.524 e. The number of unbranched alkanes of at least 4 members (excludes halogenated alkanes) is 1. The second-order valence-corrected chi connectivity index (χ2v) is 10.1. The van der Waals surface area contributed by atoms with Crippen molar-refractivity contribution < 1.29 is 33.5 Å². The Balaban J connectivity index is 1.78. The molecule has 0 bridgehead atoms. The monoisotopic (exact) mass is 555 g/mol. The first-order chi connectivity index (χ1) is 18.7. The molecular formula is C26H30N5O7P. The number of carbonyl (C=O) groups excluding carboxylic acids is 1. The maximum Gasteiger partial charge on any atom is 0.524 e. The molecule has 39 heavy (non-hydrogen) atoms. The second kappa shape index (κ2) is 12.4. The predicted octanol–water partition coefficient (Wildman–Crippen LogP) is 3.63. The minimum Gasteiger partial charge on any atom is -0.504 e. The zero-order chi connectivity index (χ0) is 28.0. The first-order valence-corrected chi connectivity index (χ1v) is 14.0. The van der Waals surface area contributed by atoms with E-state index < -0.39 is 7.82 Å². The normalized spacial score (nSPS) is 11.7. The first kappa shape index (κ1) is 28.2. The summed E-state index contributed by atoms with van der Waals surface area (Å²) in [5.74, 6) is 0.348. The van der Waals surface area contributed by atoms with E-state index in [9.17, 15) is 24.3 Å². The van der Waals surface area contributed by atoms with Gasteiger partial charge >= 0.3 is 7.82 Å². The van der Waals surface area contributed by atoms with Gasteiger partial charge in [0.25, 0.3) is 0 Å². The average molecular weight is 556 g/mol. The number of hydrogen-bond donors (Lipinski definition) is 4. The van der Waals surface area contributed by atoms with Crippen LogP contribution in [0, 0.1) is 0 Å². The molecule has 0 aliphatic heterocycles. The van der Waals surface area contributed by atoms with Crippen LogP contribution < -0.4 is 10.3 Å². The van der Waals surface area contributed by atoms with Gasteiger partial charge in [0.1, 0.15) is 11.3 Å². The number of para-hydroxylation sites is 1. The van der Waals surface area contributed by atoms with Crippen LogP contribution in [0.1, 0.15) is 36.7 Å². The van der Waals surface area contributed by atoms with Crippen LogP contribution >= 0.6 is 7.82 Å². The van der Waals surface area contributed by atoms with E-state index in [0.29, 0.717) is 42.7 Å². The highest BCUT2D eigenvalue weighted by Gasteiger charge is 2.22. The maximum absolute atomic E-state index is 11.4. The van der Waals surface area contributed by atoms with E-state index in [1.807, 2.05) is 22.8 Å². The Kier molecular flexibility index (Phi) is 8.96. The Morgan fingerprint density at radius 2 is 1.97 bits per heavy atom. The molecular weight excluding hydrogens is 525 g/mol. The van der Waals surface area contributed by atoms with Crippen LogP contribution in [-0.2, 0) is 33.5 Å². The van der Waals surface area contributed by atoms with Gasteiger partial charge in [0, 0.05) is 17.4 Å². The van der Waals surface area contributed by atoms with Crippen LogP contribution in [0.5, 0.6) is 11.5 Å². The fourth-order valence-electron chi connectivity index (χ4n) is 4.37. The Morgan fingerprint density at radius 1 is 1.15 bits per heavy atom. The molecule has 12 nitrogen and oxygen atoms in total. The lowest BCUT2D eigenvalue weighted by molar-refractivity contribution is 0.145. The minimum absolute atomic E-state index is 0.156. The smallest absolute Gasteiger partial charge is 0.504 e. The zero-order valence-electron chi connectivity index (χ0n) is 21.4. The number of nitrogen functional groups attached to an aromatic ring is 1. The molecule has 0 atom stereocenters. The highest BCUT2D eigenvalue weighted by molar-refractivity contribution is 7.46. The van der Waals surface area contributed by atoms with Crippen molar-refractivity contribution in [3.63, 3.8) is 0 Å². The van der Waals surface area contributed by atoms with Crippen molar-refractivity contribution in [1.82, 2.24) is 14.5 Å². The number of pyridine rings is 1. The summed E-state index contributed by atoms with van der Waals surface area (Å²) in [5, 5.41) is 11.6. The molecule has 0 aliphatic rings. The van der Waals surface area contributed by atoms with Crippen LogP contribution in [0.25, 0.3) is 21.9 Å². The fourth-order valence-corrected chi connectivity index (χ4v) is 4.77. The first-order valence-electron chi connectivity index (χ1n) is 12.5. The molecule has 2 heterocycles. The molecule has 0 aliphatic carbocycles. The molecule has 0 spiro atoms. The number of imidazole rings is 1. The summed E-state index contributed by atoms with van der Waals surface area (Å²) >= 11 is 0. The van der Waals surface area contributed by atoms with Gasteiger partial charge in [-0.05, 0) is 36.6 Å². The number of aliphatic imine (C=N–C) groups is 1. The van der Waals surface area contributed by atoms with Crippen molar-refractivity contribution in [2.75, 3.05) is 25.5 Å². The maximum atomic E-state index is 11.4. The molecule has 4 aromatic rings. The van der Waals surface area contributed by atoms with E-state index in [1.54, 1.807) is 12.1 Å². The molecule has 0 saturated carbocycles. The number of phenols is 1. The van der Waals surface area contributed by atoms with Crippen LogP contribution in [-0.4, -0.2) is 55.3 Å². The SMILES string of the molecule is CCCCc1nc2c(N)nc3ccc(CCOCCN=C=O)cc3c2n1Cc1cccc(OP(=O)(O)O)c1O. The van der Waals surface area contributed by atoms with Gasteiger partial charge in [-0.1, -0.05) is 31.5 Å². The molecule has 5 N–H and O–H groups in total. The average Bonchev–Trinajstić information content (AvgIpc) is 3.25. The van der Waals surface area contributed by atoms with Gasteiger partial charge in [-0.2, -0.15) is 0 Å². The van der Waals surface area contributed by atoms with E-state index in [1.165, 1.54) is 12.1 Å². The number of aromatic hydroxyl groups is 1. The van der Waals surface area contributed by atoms with Crippen LogP contribution in [0.2, 0.25) is 0 Å². The van der Waals surface area contributed by atoms with Crippen LogP contribution in [0.3, 0.4) is 0 Å². The van der Waals surface area contributed by atoms with Crippen molar-refractivity contribution in [2.45, 2.75) is 39.2 Å². The van der Waals surface area contributed by atoms with Gasteiger partial charge in [0.05, 0.1) is 37.3 Å². The molecule has 0 unspecified atom stereocenters. The summed E-state index contributed by atoms with van der Waals surface area (Å²) in [6, 6.07) is 10.3. The predicted molar refractivity (Wildman–Crippen MR) is 145 cm³/mol. The summed E-state index contributed by atoms with van der Waals surface area (Å²) in [6.07, 6.45) is 4.57.